The molecule has 1 aliphatic heterocycles. The van der Waals surface area contributed by atoms with E-state index >= 15 is 0 Å². The van der Waals surface area contributed by atoms with Crippen LogP contribution in [0.25, 0.3) is 0 Å². The van der Waals surface area contributed by atoms with E-state index in [2.05, 4.69) is 9.71 Å². The van der Waals surface area contributed by atoms with E-state index < -0.39 is 16.1 Å². The molecule has 0 radical (unpaired) electrons. The molecule has 2 aromatic rings. The Labute approximate surface area is 177 Å². The maximum atomic E-state index is 13.0. The van der Waals surface area contributed by atoms with Crippen LogP contribution < -0.4 is 9.46 Å². The van der Waals surface area contributed by atoms with Crippen LogP contribution in [-0.4, -0.2) is 51.3 Å². The Balaban J connectivity index is 1.72. The average molecular weight is 430 g/mol. The van der Waals surface area contributed by atoms with Gasteiger partial charge < -0.3 is 9.64 Å². The quantitative estimate of drug-likeness (QED) is 0.664. The molecule has 0 fully saturated rings. The number of nitrogens with one attached hydrogen (secondary N) is 1. The molecular weight excluding hydrogens is 402 g/mol. The third-order valence-corrected chi connectivity index (χ3v) is 6.28. The number of hydrogen-bond acceptors (Lipinski definition) is 5. The zero-order valence-corrected chi connectivity index (χ0v) is 18.1. The monoisotopic (exact) mass is 429 g/mol. The van der Waals surface area contributed by atoms with Gasteiger partial charge in [-0.05, 0) is 30.7 Å². The number of sulfonamides is 1. The van der Waals surface area contributed by atoms with Gasteiger partial charge in [-0.25, -0.2) is 8.42 Å². The lowest BCUT2D eigenvalue weighted by Gasteiger charge is -2.22. The van der Waals surface area contributed by atoms with Crippen molar-refractivity contribution in [2.75, 3.05) is 20.2 Å². The number of aliphatic imine (C=N–C) groups is 1. The molecule has 3 rings (SSSR count). The van der Waals surface area contributed by atoms with Crippen LogP contribution in [0.1, 0.15) is 31.7 Å². The van der Waals surface area contributed by atoms with Gasteiger partial charge in [0, 0.05) is 12.6 Å². The molecule has 1 heterocycles. The van der Waals surface area contributed by atoms with Crippen molar-refractivity contribution in [3.63, 3.8) is 0 Å². The minimum Gasteiger partial charge on any atom is -0.492 e. The van der Waals surface area contributed by atoms with Gasteiger partial charge in [0.15, 0.2) is 0 Å². The summed E-state index contributed by atoms with van der Waals surface area (Å²) in [7, 11) is -1.93. The Morgan fingerprint density at radius 2 is 1.83 bits per heavy atom. The number of para-hydroxylation sites is 1. The number of carbonyl (C=O) groups excluding carboxylic acids is 1. The summed E-state index contributed by atoms with van der Waals surface area (Å²) in [6.45, 7) is 2.81. The number of ether oxygens (including phenoxy) is 1. The summed E-state index contributed by atoms with van der Waals surface area (Å²) in [5.41, 5.74) is 0.502. The molecule has 1 unspecified atom stereocenters. The van der Waals surface area contributed by atoms with Gasteiger partial charge >= 0.3 is 0 Å². The molecule has 1 N–H and O–H groups in total. The topological polar surface area (TPSA) is 88.1 Å². The van der Waals surface area contributed by atoms with E-state index in [0.717, 1.165) is 18.6 Å². The highest BCUT2D eigenvalue weighted by molar-refractivity contribution is 7.90. The maximum absolute atomic E-state index is 13.0. The Bertz CT molecular complexity index is 1010. The fourth-order valence-corrected chi connectivity index (χ4v) is 4.45. The maximum Gasteiger partial charge on any atom is 0.263 e. The van der Waals surface area contributed by atoms with Gasteiger partial charge in [-0.3, -0.25) is 14.5 Å². The molecule has 0 spiro atoms. The van der Waals surface area contributed by atoms with Gasteiger partial charge in [0.25, 0.3) is 10.0 Å². The van der Waals surface area contributed by atoms with Crippen LogP contribution in [0, 0.1) is 0 Å². The van der Waals surface area contributed by atoms with Crippen LogP contribution in [0.15, 0.2) is 64.5 Å². The standard InChI is InChI=1S/C22H27N3O4S/c1-3-4-13-19(22(26)25(2)15-16-29-17-10-6-5-7-11-17)23-21-18-12-8-9-14-20(18)30(27,28)24-21/h5-12,14,19H,3-4,13,15-16H2,1-2H3,(H,23,24). The molecule has 0 saturated carbocycles. The van der Waals surface area contributed by atoms with Gasteiger partial charge in [0.1, 0.15) is 24.2 Å². The van der Waals surface area contributed by atoms with E-state index in [0.29, 0.717) is 25.1 Å². The average Bonchev–Trinajstić information content (AvgIpc) is 3.01. The summed E-state index contributed by atoms with van der Waals surface area (Å²) >= 11 is 0. The predicted octanol–water partition coefficient (Wildman–Crippen LogP) is 2.82. The molecule has 8 heteroatoms. The third kappa shape index (κ3) is 5.18. The minimum absolute atomic E-state index is 0.156. The molecule has 30 heavy (non-hydrogen) atoms. The van der Waals surface area contributed by atoms with Crippen molar-refractivity contribution in [2.24, 2.45) is 4.99 Å². The highest BCUT2D eigenvalue weighted by Gasteiger charge is 2.32. The van der Waals surface area contributed by atoms with Crippen LogP contribution in [0.5, 0.6) is 5.75 Å². The zero-order chi connectivity index (χ0) is 21.6. The molecule has 0 bridgehead atoms. The lowest BCUT2D eigenvalue weighted by atomic mass is 10.1. The Morgan fingerprint density at radius 1 is 1.13 bits per heavy atom. The highest BCUT2D eigenvalue weighted by atomic mass is 32.2. The van der Waals surface area contributed by atoms with Gasteiger partial charge in [-0.1, -0.05) is 50.1 Å². The smallest absolute Gasteiger partial charge is 0.263 e. The Hall–Kier alpha value is -2.87. The molecule has 1 amide bonds. The lowest BCUT2D eigenvalue weighted by molar-refractivity contribution is -0.131. The van der Waals surface area contributed by atoms with Gasteiger partial charge in [0.05, 0.1) is 11.4 Å². The second-order valence-electron chi connectivity index (χ2n) is 7.16. The molecule has 2 aromatic carbocycles. The van der Waals surface area contributed by atoms with Crippen molar-refractivity contribution < 1.29 is 17.9 Å². The highest BCUT2D eigenvalue weighted by Crippen LogP contribution is 2.23. The van der Waals surface area contributed by atoms with Gasteiger partial charge in [-0.2, -0.15) is 0 Å². The van der Waals surface area contributed by atoms with Crippen molar-refractivity contribution in [3.05, 3.63) is 60.2 Å². The number of amides is 1. The lowest BCUT2D eigenvalue weighted by Crippen LogP contribution is -2.39. The number of rotatable bonds is 9. The molecular formula is C22H27N3O4S. The largest absolute Gasteiger partial charge is 0.492 e. The number of likely N-dealkylation sites (N-methyl/N-ethyl adjacent to an activating group) is 1. The van der Waals surface area contributed by atoms with Crippen LogP contribution >= 0.6 is 0 Å². The number of benzene rings is 2. The van der Waals surface area contributed by atoms with E-state index in [1.807, 2.05) is 37.3 Å². The molecule has 160 valence electrons. The fraction of sp³-hybridized carbons (Fsp3) is 0.364. The molecule has 1 atom stereocenters. The first kappa shape index (κ1) is 21.8. The molecule has 1 aliphatic rings. The van der Waals surface area contributed by atoms with E-state index in [4.69, 9.17) is 4.74 Å². The van der Waals surface area contributed by atoms with E-state index in [9.17, 15) is 13.2 Å². The molecule has 7 nitrogen and oxygen atoms in total. The van der Waals surface area contributed by atoms with Crippen LogP contribution in [0.4, 0.5) is 0 Å². The molecule has 0 aliphatic carbocycles. The first-order chi connectivity index (χ1) is 14.4. The predicted molar refractivity (Wildman–Crippen MR) is 116 cm³/mol. The summed E-state index contributed by atoms with van der Waals surface area (Å²) in [6, 6.07) is 15.4. The van der Waals surface area contributed by atoms with E-state index in [1.54, 1.807) is 30.1 Å². The van der Waals surface area contributed by atoms with Crippen molar-refractivity contribution >= 4 is 21.8 Å². The Morgan fingerprint density at radius 3 is 2.57 bits per heavy atom. The normalized spacial score (nSPS) is 16.5. The summed E-state index contributed by atoms with van der Waals surface area (Å²) in [6.07, 6.45) is 2.28. The second-order valence-corrected chi connectivity index (χ2v) is 8.81. The summed E-state index contributed by atoms with van der Waals surface area (Å²) in [5.74, 6) is 0.822. The third-order valence-electron chi connectivity index (χ3n) is 4.88. The van der Waals surface area contributed by atoms with Crippen LogP contribution in [-0.2, 0) is 14.8 Å². The van der Waals surface area contributed by atoms with E-state index in [-0.39, 0.29) is 16.6 Å². The van der Waals surface area contributed by atoms with Crippen molar-refractivity contribution in [1.29, 1.82) is 0 Å². The summed E-state index contributed by atoms with van der Waals surface area (Å²) in [5, 5.41) is 0. The van der Waals surface area contributed by atoms with Crippen LogP contribution in [0.2, 0.25) is 0 Å². The number of fused-ring (bicyclic) bond motifs is 1. The van der Waals surface area contributed by atoms with E-state index in [1.165, 1.54) is 6.07 Å². The number of carbonyl (C=O) groups is 1. The first-order valence-corrected chi connectivity index (χ1v) is 11.5. The van der Waals surface area contributed by atoms with Crippen molar-refractivity contribution in [3.8, 4) is 5.75 Å². The van der Waals surface area contributed by atoms with Gasteiger partial charge in [0.2, 0.25) is 5.91 Å². The fourth-order valence-electron chi connectivity index (χ4n) is 3.21. The first-order valence-electron chi connectivity index (χ1n) is 10.0. The Kier molecular flexibility index (Phi) is 7.10. The van der Waals surface area contributed by atoms with Crippen molar-refractivity contribution in [2.45, 2.75) is 37.1 Å². The molecule has 0 aromatic heterocycles. The van der Waals surface area contributed by atoms with Crippen LogP contribution in [0.3, 0.4) is 0 Å². The second kappa shape index (κ2) is 9.75. The number of hydrogen-bond donors (Lipinski definition) is 1. The number of nitrogens with zero attached hydrogens (tertiary/aromatic N) is 2. The van der Waals surface area contributed by atoms with Gasteiger partial charge in [-0.15, -0.1) is 0 Å². The number of amidine groups is 1. The SMILES string of the molecule is CCCCC(N=C1NS(=O)(=O)c2ccccc21)C(=O)N(C)CCOc1ccccc1. The zero-order valence-electron chi connectivity index (χ0n) is 17.2. The summed E-state index contributed by atoms with van der Waals surface area (Å²) in [4.78, 5) is 19.3. The molecule has 0 saturated heterocycles. The number of unbranched alkanes of at least 4 members (excludes halogenated alkanes) is 1. The summed E-state index contributed by atoms with van der Waals surface area (Å²) < 4.78 is 32.8. The van der Waals surface area contributed by atoms with Crippen molar-refractivity contribution in [1.82, 2.24) is 9.62 Å². The minimum atomic E-state index is -3.64.